The molecular weight excluding hydrogens is 270 g/mol. The molecule has 0 bridgehead atoms. The molecule has 100 valence electrons. The van der Waals surface area contributed by atoms with E-state index >= 15 is 0 Å². The lowest BCUT2D eigenvalue weighted by Crippen LogP contribution is -2.11. The molecule has 2 heterocycles. The van der Waals surface area contributed by atoms with Crippen LogP contribution in [0.15, 0.2) is 53.9 Å². The summed E-state index contributed by atoms with van der Waals surface area (Å²) in [7, 11) is 0. The van der Waals surface area contributed by atoms with Crippen molar-refractivity contribution in [3.05, 3.63) is 54.5 Å². The van der Waals surface area contributed by atoms with Crippen molar-refractivity contribution in [3.8, 4) is 0 Å². The normalized spacial score (nSPS) is 10.7. The molecule has 20 heavy (non-hydrogen) atoms. The van der Waals surface area contributed by atoms with Gasteiger partial charge in [0.2, 0.25) is 0 Å². The van der Waals surface area contributed by atoms with Crippen LogP contribution in [0.2, 0.25) is 0 Å². The van der Waals surface area contributed by atoms with E-state index in [1.165, 1.54) is 0 Å². The highest BCUT2D eigenvalue weighted by Gasteiger charge is 2.07. The summed E-state index contributed by atoms with van der Waals surface area (Å²) in [5.41, 5.74) is 4.64. The number of nitrogens with zero attached hydrogens (tertiary/aromatic N) is 3. The van der Waals surface area contributed by atoms with Gasteiger partial charge < -0.3 is 5.43 Å². The number of nitrogens with one attached hydrogen (secondary N) is 1. The van der Waals surface area contributed by atoms with Crippen LogP contribution in [-0.4, -0.2) is 15.0 Å². The van der Waals surface area contributed by atoms with Gasteiger partial charge in [0.1, 0.15) is 12.1 Å². The minimum atomic E-state index is 0.699. The first-order chi connectivity index (χ1) is 9.86. The number of pyridine rings is 1. The molecule has 3 aromatic rings. The maximum atomic E-state index is 5.56. The average Bonchev–Trinajstić information content (AvgIpc) is 2.53. The Morgan fingerprint density at radius 2 is 2.10 bits per heavy atom. The molecule has 5 nitrogen and oxygen atoms in total. The standard InChI is InChI=1S/C14H13N5S/c15-19-14-11(8-20-13-5-6-16-9-17-13)7-10-3-1-2-4-12(10)18-14/h1-7,9H,8,15H2,(H,18,19). The fourth-order valence-electron chi connectivity index (χ4n) is 1.91. The van der Waals surface area contributed by atoms with E-state index in [2.05, 4.69) is 26.4 Å². The van der Waals surface area contributed by atoms with Gasteiger partial charge in [0.15, 0.2) is 0 Å². The minimum absolute atomic E-state index is 0.699. The number of anilines is 1. The summed E-state index contributed by atoms with van der Waals surface area (Å²) in [6.45, 7) is 0. The van der Waals surface area contributed by atoms with Crippen LogP contribution < -0.4 is 11.3 Å². The van der Waals surface area contributed by atoms with Gasteiger partial charge in [-0.25, -0.2) is 20.8 Å². The number of rotatable bonds is 4. The molecule has 0 aliphatic heterocycles. The summed E-state index contributed by atoms with van der Waals surface area (Å²) in [5.74, 6) is 7.01. The maximum absolute atomic E-state index is 5.56. The van der Waals surface area contributed by atoms with Crippen molar-refractivity contribution >= 4 is 28.5 Å². The second-order valence-corrected chi connectivity index (χ2v) is 5.17. The van der Waals surface area contributed by atoms with Crippen molar-refractivity contribution in [1.82, 2.24) is 15.0 Å². The van der Waals surface area contributed by atoms with Crippen molar-refractivity contribution in [2.75, 3.05) is 5.43 Å². The van der Waals surface area contributed by atoms with E-state index in [1.807, 2.05) is 30.3 Å². The van der Waals surface area contributed by atoms with Gasteiger partial charge in [0, 0.05) is 22.9 Å². The lowest BCUT2D eigenvalue weighted by molar-refractivity contribution is 1.05. The Balaban J connectivity index is 1.90. The molecule has 0 saturated carbocycles. The van der Waals surface area contributed by atoms with Crippen molar-refractivity contribution in [2.24, 2.45) is 5.84 Å². The second kappa shape index (κ2) is 5.85. The Labute approximate surface area is 120 Å². The van der Waals surface area contributed by atoms with Crippen LogP contribution in [0, 0.1) is 0 Å². The highest BCUT2D eigenvalue weighted by molar-refractivity contribution is 7.98. The molecule has 0 aliphatic carbocycles. The molecule has 0 unspecified atom stereocenters. The highest BCUT2D eigenvalue weighted by Crippen LogP contribution is 2.26. The summed E-state index contributed by atoms with van der Waals surface area (Å²) >= 11 is 1.62. The zero-order valence-electron chi connectivity index (χ0n) is 10.7. The zero-order valence-corrected chi connectivity index (χ0v) is 11.5. The number of benzene rings is 1. The van der Waals surface area contributed by atoms with Gasteiger partial charge in [-0.05, 0) is 18.2 Å². The Bertz CT molecular complexity index is 717. The molecule has 3 N–H and O–H groups in total. The van der Waals surface area contributed by atoms with Crippen molar-refractivity contribution in [2.45, 2.75) is 10.8 Å². The maximum Gasteiger partial charge on any atom is 0.144 e. The van der Waals surface area contributed by atoms with Crippen LogP contribution in [0.25, 0.3) is 10.9 Å². The molecular formula is C14H13N5S. The molecule has 0 amide bonds. The first kappa shape index (κ1) is 12.8. The number of aromatic nitrogens is 3. The molecule has 3 rings (SSSR count). The van der Waals surface area contributed by atoms with E-state index < -0.39 is 0 Å². The highest BCUT2D eigenvalue weighted by atomic mass is 32.2. The largest absolute Gasteiger partial charge is 0.308 e. The smallest absolute Gasteiger partial charge is 0.144 e. The number of hydrogen-bond donors (Lipinski definition) is 2. The summed E-state index contributed by atoms with van der Waals surface area (Å²) in [4.78, 5) is 12.6. The number of hydrazine groups is 1. The summed E-state index contributed by atoms with van der Waals surface area (Å²) in [6, 6.07) is 12.0. The molecule has 0 aliphatic rings. The molecule has 6 heteroatoms. The zero-order chi connectivity index (χ0) is 13.8. The van der Waals surface area contributed by atoms with Crippen LogP contribution >= 0.6 is 11.8 Å². The number of nitrogen functional groups attached to an aromatic ring is 1. The predicted octanol–water partition coefficient (Wildman–Crippen LogP) is 2.60. The molecule has 0 atom stereocenters. The van der Waals surface area contributed by atoms with Crippen LogP contribution in [0.3, 0.4) is 0 Å². The SMILES string of the molecule is NNc1nc2ccccc2cc1CSc1ccncn1. The topological polar surface area (TPSA) is 76.7 Å². The van der Waals surface area contributed by atoms with Crippen molar-refractivity contribution in [3.63, 3.8) is 0 Å². The third-order valence-electron chi connectivity index (χ3n) is 2.87. The molecule has 0 radical (unpaired) electrons. The van der Waals surface area contributed by atoms with E-state index in [9.17, 15) is 0 Å². The first-order valence-corrected chi connectivity index (χ1v) is 7.09. The Morgan fingerprint density at radius 3 is 2.90 bits per heavy atom. The predicted molar refractivity (Wildman–Crippen MR) is 81.1 cm³/mol. The van der Waals surface area contributed by atoms with Crippen molar-refractivity contribution in [1.29, 1.82) is 0 Å². The monoisotopic (exact) mass is 283 g/mol. The van der Waals surface area contributed by atoms with Gasteiger partial charge in [0.05, 0.1) is 10.5 Å². The van der Waals surface area contributed by atoms with Gasteiger partial charge >= 0.3 is 0 Å². The van der Waals surface area contributed by atoms with E-state index in [-0.39, 0.29) is 0 Å². The summed E-state index contributed by atoms with van der Waals surface area (Å²) in [5, 5.41) is 2.03. The van der Waals surface area contributed by atoms with E-state index in [4.69, 9.17) is 5.84 Å². The van der Waals surface area contributed by atoms with Crippen LogP contribution in [0.4, 0.5) is 5.82 Å². The number of para-hydroxylation sites is 1. The van der Waals surface area contributed by atoms with Gasteiger partial charge in [0.25, 0.3) is 0 Å². The third-order valence-corrected chi connectivity index (χ3v) is 3.86. The van der Waals surface area contributed by atoms with Crippen LogP contribution in [0.1, 0.15) is 5.56 Å². The summed E-state index contributed by atoms with van der Waals surface area (Å²) in [6.07, 6.45) is 3.28. The van der Waals surface area contributed by atoms with E-state index in [1.54, 1.807) is 24.3 Å². The quantitative estimate of drug-likeness (QED) is 0.332. The third kappa shape index (κ3) is 2.71. The van der Waals surface area contributed by atoms with Gasteiger partial charge in [-0.2, -0.15) is 0 Å². The van der Waals surface area contributed by atoms with E-state index in [0.717, 1.165) is 27.2 Å². The molecule has 1 aromatic carbocycles. The fraction of sp³-hybridized carbons (Fsp3) is 0.0714. The van der Waals surface area contributed by atoms with Gasteiger partial charge in [-0.15, -0.1) is 11.8 Å². The molecule has 0 fully saturated rings. The molecule has 0 spiro atoms. The Hall–Kier alpha value is -2.18. The number of hydrogen-bond acceptors (Lipinski definition) is 6. The van der Waals surface area contributed by atoms with Crippen molar-refractivity contribution < 1.29 is 0 Å². The van der Waals surface area contributed by atoms with Crippen LogP contribution in [0.5, 0.6) is 0 Å². The molecule has 2 aromatic heterocycles. The van der Waals surface area contributed by atoms with E-state index in [0.29, 0.717) is 5.82 Å². The minimum Gasteiger partial charge on any atom is -0.308 e. The Morgan fingerprint density at radius 1 is 1.20 bits per heavy atom. The lowest BCUT2D eigenvalue weighted by Gasteiger charge is -2.09. The molecule has 0 saturated heterocycles. The number of fused-ring (bicyclic) bond motifs is 1. The van der Waals surface area contributed by atoms with Crippen LogP contribution in [-0.2, 0) is 5.75 Å². The fourth-order valence-corrected chi connectivity index (χ4v) is 2.71. The first-order valence-electron chi connectivity index (χ1n) is 6.11. The number of thioether (sulfide) groups is 1. The Kier molecular flexibility index (Phi) is 3.76. The van der Waals surface area contributed by atoms with Gasteiger partial charge in [-0.3, -0.25) is 0 Å². The lowest BCUT2D eigenvalue weighted by atomic mass is 10.1. The van der Waals surface area contributed by atoms with Gasteiger partial charge in [-0.1, -0.05) is 18.2 Å². The second-order valence-electron chi connectivity index (χ2n) is 4.17. The average molecular weight is 283 g/mol. The number of nitrogens with two attached hydrogens (primary N) is 1. The summed E-state index contributed by atoms with van der Waals surface area (Å²) < 4.78 is 0.